The molecule has 1 aliphatic carbocycles. The lowest BCUT2D eigenvalue weighted by molar-refractivity contribution is 0.337. The molecule has 32 heavy (non-hydrogen) atoms. The lowest BCUT2D eigenvalue weighted by atomic mass is 9.86. The van der Waals surface area contributed by atoms with Gasteiger partial charge in [0.15, 0.2) is 0 Å². The summed E-state index contributed by atoms with van der Waals surface area (Å²) in [7, 11) is 1.66. The van der Waals surface area contributed by atoms with Crippen molar-refractivity contribution in [2.45, 2.75) is 50.0 Å². The quantitative estimate of drug-likeness (QED) is 0.264. The molecular weight excluding hydrogens is 412 g/mol. The van der Waals surface area contributed by atoms with E-state index >= 15 is 0 Å². The van der Waals surface area contributed by atoms with Gasteiger partial charge in [0.05, 0.1) is 18.4 Å². The molecule has 2 aromatic carbocycles. The number of ether oxygens (including phenoxy) is 1. The molecule has 1 aliphatic rings. The number of rotatable bonds is 8. The van der Waals surface area contributed by atoms with E-state index in [0.29, 0.717) is 5.56 Å². The van der Waals surface area contributed by atoms with Crippen LogP contribution in [0.5, 0.6) is 5.75 Å². The number of methoxy groups -OCH3 is 1. The van der Waals surface area contributed by atoms with Crippen LogP contribution in [0.2, 0.25) is 0 Å². The van der Waals surface area contributed by atoms with Gasteiger partial charge >= 0.3 is 0 Å². The summed E-state index contributed by atoms with van der Waals surface area (Å²) >= 11 is 1.73. The Kier molecular flexibility index (Phi) is 7.85. The summed E-state index contributed by atoms with van der Waals surface area (Å²) in [6.45, 7) is 0. The molecule has 0 aliphatic heterocycles. The minimum atomic E-state index is 0.664. The van der Waals surface area contributed by atoms with E-state index in [1.165, 1.54) is 44.9 Å². The molecule has 4 heteroatoms. The van der Waals surface area contributed by atoms with Gasteiger partial charge in [0.2, 0.25) is 0 Å². The second-order valence-corrected chi connectivity index (χ2v) is 9.52. The Labute approximate surface area is 195 Å². The second-order valence-electron chi connectivity index (χ2n) is 8.44. The van der Waals surface area contributed by atoms with Crippen molar-refractivity contribution < 1.29 is 4.74 Å². The highest BCUT2D eigenvalue weighted by molar-refractivity contribution is 7.99. The average Bonchev–Trinajstić information content (AvgIpc) is 2.87. The Bertz CT molecular complexity index is 1050. The maximum absolute atomic E-state index is 10.1. The van der Waals surface area contributed by atoms with Crippen LogP contribution in [0, 0.1) is 17.2 Å². The van der Waals surface area contributed by atoms with Gasteiger partial charge in [-0.15, -0.1) is 11.8 Å². The summed E-state index contributed by atoms with van der Waals surface area (Å²) in [5.41, 5.74) is 4.57. The van der Waals surface area contributed by atoms with Gasteiger partial charge in [-0.2, -0.15) is 5.26 Å². The highest BCUT2D eigenvalue weighted by atomic mass is 32.2. The molecule has 164 valence electrons. The van der Waals surface area contributed by atoms with Crippen LogP contribution in [0.4, 0.5) is 0 Å². The van der Waals surface area contributed by atoms with Gasteiger partial charge in [-0.05, 0) is 48.3 Å². The number of pyridine rings is 1. The first-order chi connectivity index (χ1) is 15.8. The summed E-state index contributed by atoms with van der Waals surface area (Å²) < 4.78 is 5.31. The number of benzene rings is 2. The van der Waals surface area contributed by atoms with E-state index in [9.17, 15) is 5.26 Å². The molecule has 1 heterocycles. The van der Waals surface area contributed by atoms with Crippen molar-refractivity contribution >= 4 is 11.8 Å². The Morgan fingerprint density at radius 1 is 1.00 bits per heavy atom. The molecule has 1 fully saturated rings. The SMILES string of the molecule is COc1ccc(-c2cc(-c3ccccc3)nc(SCCCC3CCCCC3)c2C#N)cc1. The van der Waals surface area contributed by atoms with Gasteiger partial charge in [0, 0.05) is 11.1 Å². The summed E-state index contributed by atoms with van der Waals surface area (Å²) in [5.74, 6) is 2.69. The summed E-state index contributed by atoms with van der Waals surface area (Å²) in [6, 6.07) is 22.6. The van der Waals surface area contributed by atoms with Crippen molar-refractivity contribution in [3.05, 3.63) is 66.2 Å². The van der Waals surface area contributed by atoms with Crippen molar-refractivity contribution in [1.29, 1.82) is 5.26 Å². The van der Waals surface area contributed by atoms with Gasteiger partial charge in [0.25, 0.3) is 0 Å². The summed E-state index contributed by atoms with van der Waals surface area (Å²) in [4.78, 5) is 4.93. The molecule has 0 unspecified atom stereocenters. The van der Waals surface area contributed by atoms with Crippen LogP contribution in [0.3, 0.4) is 0 Å². The van der Waals surface area contributed by atoms with Gasteiger partial charge in [-0.1, -0.05) is 74.6 Å². The van der Waals surface area contributed by atoms with Crippen molar-refractivity contribution in [1.82, 2.24) is 4.98 Å². The van der Waals surface area contributed by atoms with E-state index in [1.807, 2.05) is 48.5 Å². The average molecular weight is 443 g/mol. The third-order valence-electron chi connectivity index (χ3n) is 6.29. The smallest absolute Gasteiger partial charge is 0.118 e. The van der Waals surface area contributed by atoms with Crippen molar-refractivity contribution in [3.63, 3.8) is 0 Å². The van der Waals surface area contributed by atoms with Crippen LogP contribution in [-0.4, -0.2) is 17.8 Å². The Morgan fingerprint density at radius 3 is 2.44 bits per heavy atom. The molecule has 0 spiro atoms. The lowest BCUT2D eigenvalue weighted by Gasteiger charge is -2.21. The van der Waals surface area contributed by atoms with Crippen molar-refractivity contribution in [2.24, 2.45) is 5.92 Å². The van der Waals surface area contributed by atoms with Gasteiger partial charge < -0.3 is 4.74 Å². The fourth-order valence-electron chi connectivity index (χ4n) is 4.51. The minimum absolute atomic E-state index is 0.664. The molecular formula is C28H30N2OS. The van der Waals surface area contributed by atoms with E-state index < -0.39 is 0 Å². The highest BCUT2D eigenvalue weighted by Crippen LogP contribution is 2.36. The highest BCUT2D eigenvalue weighted by Gasteiger charge is 2.17. The van der Waals surface area contributed by atoms with E-state index in [0.717, 1.165) is 44.8 Å². The molecule has 1 aromatic heterocycles. The van der Waals surface area contributed by atoms with Crippen LogP contribution in [0.15, 0.2) is 65.7 Å². The fourth-order valence-corrected chi connectivity index (χ4v) is 5.47. The maximum Gasteiger partial charge on any atom is 0.118 e. The first kappa shape index (κ1) is 22.4. The van der Waals surface area contributed by atoms with Crippen molar-refractivity contribution in [2.75, 3.05) is 12.9 Å². The van der Waals surface area contributed by atoms with Gasteiger partial charge in [-0.3, -0.25) is 0 Å². The van der Waals surface area contributed by atoms with E-state index in [2.05, 4.69) is 18.2 Å². The number of nitrogens with zero attached hydrogens (tertiary/aromatic N) is 2. The second kappa shape index (κ2) is 11.2. The first-order valence-electron chi connectivity index (χ1n) is 11.6. The van der Waals surface area contributed by atoms with Crippen LogP contribution in [0.1, 0.15) is 50.5 Å². The zero-order valence-electron chi connectivity index (χ0n) is 18.7. The molecule has 0 radical (unpaired) electrons. The fraction of sp³-hybridized carbons (Fsp3) is 0.357. The lowest BCUT2D eigenvalue weighted by Crippen LogP contribution is -2.06. The molecule has 3 aromatic rings. The maximum atomic E-state index is 10.1. The number of aromatic nitrogens is 1. The first-order valence-corrected chi connectivity index (χ1v) is 12.5. The molecule has 1 saturated carbocycles. The molecule has 0 N–H and O–H groups in total. The Balaban J connectivity index is 1.62. The third-order valence-corrected chi connectivity index (χ3v) is 7.35. The standard InChI is InChI=1S/C28H30N2OS/c1-31-24-16-14-22(15-17-24)25-19-27(23-12-6-3-7-13-23)30-28(26(25)20-29)32-18-8-11-21-9-4-2-5-10-21/h3,6-7,12-17,19,21H,2,4-5,8-11,18H2,1H3. The zero-order valence-corrected chi connectivity index (χ0v) is 19.5. The number of hydrogen-bond donors (Lipinski definition) is 0. The summed E-state index contributed by atoms with van der Waals surface area (Å²) in [6.07, 6.45) is 9.43. The zero-order chi connectivity index (χ0) is 22.2. The third kappa shape index (κ3) is 5.53. The van der Waals surface area contributed by atoms with Crippen LogP contribution >= 0.6 is 11.8 Å². The molecule has 0 atom stereocenters. The molecule has 0 bridgehead atoms. The molecule has 3 nitrogen and oxygen atoms in total. The largest absolute Gasteiger partial charge is 0.497 e. The van der Waals surface area contributed by atoms with E-state index in [1.54, 1.807) is 18.9 Å². The van der Waals surface area contributed by atoms with Crippen molar-refractivity contribution in [3.8, 4) is 34.2 Å². The van der Waals surface area contributed by atoms with Gasteiger partial charge in [0.1, 0.15) is 16.8 Å². The number of hydrogen-bond acceptors (Lipinski definition) is 4. The monoisotopic (exact) mass is 442 g/mol. The molecule has 0 saturated heterocycles. The molecule has 0 amide bonds. The van der Waals surface area contributed by atoms with Crippen LogP contribution in [0.25, 0.3) is 22.4 Å². The van der Waals surface area contributed by atoms with Crippen LogP contribution < -0.4 is 4.74 Å². The van der Waals surface area contributed by atoms with Crippen LogP contribution in [-0.2, 0) is 0 Å². The Hall–Kier alpha value is -2.77. The molecule has 4 rings (SSSR count). The predicted molar refractivity (Wildman–Crippen MR) is 133 cm³/mol. The van der Waals surface area contributed by atoms with Gasteiger partial charge in [-0.25, -0.2) is 4.98 Å². The van der Waals surface area contributed by atoms with E-state index in [-0.39, 0.29) is 0 Å². The predicted octanol–water partition coefficient (Wildman–Crippen LogP) is 7.75. The number of thioether (sulfide) groups is 1. The minimum Gasteiger partial charge on any atom is -0.497 e. The van der Waals surface area contributed by atoms with E-state index in [4.69, 9.17) is 9.72 Å². The summed E-state index contributed by atoms with van der Waals surface area (Å²) in [5, 5.41) is 10.9. The Morgan fingerprint density at radius 2 is 1.75 bits per heavy atom. The number of nitriles is 1. The topological polar surface area (TPSA) is 45.9 Å². The normalized spacial score (nSPS) is 14.1.